The van der Waals surface area contributed by atoms with Gasteiger partial charge in [-0.15, -0.1) is 0 Å². The summed E-state index contributed by atoms with van der Waals surface area (Å²) in [5, 5.41) is 0. The molecule has 0 amide bonds. The second-order valence-electron chi connectivity index (χ2n) is 4.61. The Hall–Kier alpha value is -2.30. The average Bonchev–Trinajstić information content (AvgIpc) is 2.51. The van der Waals surface area contributed by atoms with Crippen molar-refractivity contribution < 1.29 is 23.8 Å². The summed E-state index contributed by atoms with van der Waals surface area (Å²) in [5.74, 6) is 0.727. The normalized spacial score (nSPS) is 10.5. The van der Waals surface area contributed by atoms with Crippen LogP contribution < -0.4 is 9.47 Å². The van der Waals surface area contributed by atoms with Crippen LogP contribution in [0.4, 0.5) is 0 Å². The van der Waals surface area contributed by atoms with E-state index in [2.05, 4.69) is 0 Å². The third-order valence-corrected chi connectivity index (χ3v) is 2.94. The number of ketones is 1. The molecule has 0 aromatic heterocycles. The van der Waals surface area contributed by atoms with E-state index >= 15 is 0 Å². The molecule has 1 aromatic carbocycles. The van der Waals surface area contributed by atoms with Gasteiger partial charge in [0, 0.05) is 6.07 Å². The first-order valence-corrected chi connectivity index (χ1v) is 7.16. The molecular formula is C17H22O5. The summed E-state index contributed by atoms with van der Waals surface area (Å²) in [4.78, 5) is 22.7. The van der Waals surface area contributed by atoms with Crippen LogP contribution >= 0.6 is 0 Å². The van der Waals surface area contributed by atoms with Crippen LogP contribution in [0.2, 0.25) is 0 Å². The lowest BCUT2D eigenvalue weighted by atomic mass is 10.1. The predicted molar refractivity (Wildman–Crippen MR) is 83.3 cm³/mol. The molecule has 0 saturated heterocycles. The minimum Gasteiger partial charge on any atom is -0.497 e. The molecule has 0 unspecified atom stereocenters. The predicted octanol–water partition coefficient (Wildman–Crippen LogP) is 2.71. The zero-order valence-corrected chi connectivity index (χ0v) is 13.3. The monoisotopic (exact) mass is 306 g/mol. The van der Waals surface area contributed by atoms with Crippen molar-refractivity contribution in [3.63, 3.8) is 0 Å². The number of carbonyl (C=O) groups is 2. The Morgan fingerprint density at radius 2 is 1.73 bits per heavy atom. The van der Waals surface area contributed by atoms with Crippen LogP contribution in [0.15, 0.2) is 30.4 Å². The molecule has 0 radical (unpaired) electrons. The van der Waals surface area contributed by atoms with Crippen molar-refractivity contribution >= 4 is 11.8 Å². The highest BCUT2D eigenvalue weighted by Crippen LogP contribution is 2.23. The number of ether oxygens (including phenoxy) is 3. The van der Waals surface area contributed by atoms with Crippen LogP contribution in [-0.2, 0) is 20.7 Å². The molecule has 1 aromatic rings. The molecule has 5 heteroatoms. The molecular weight excluding hydrogens is 284 g/mol. The van der Waals surface area contributed by atoms with E-state index in [1.807, 2.05) is 18.2 Å². The number of methoxy groups -OCH3 is 2. The van der Waals surface area contributed by atoms with Gasteiger partial charge >= 0.3 is 5.97 Å². The second-order valence-corrected chi connectivity index (χ2v) is 4.61. The summed E-state index contributed by atoms with van der Waals surface area (Å²) in [6, 6.07) is 5.66. The van der Waals surface area contributed by atoms with E-state index in [1.54, 1.807) is 27.2 Å². The van der Waals surface area contributed by atoms with Gasteiger partial charge in [-0.2, -0.15) is 0 Å². The number of allylic oxidation sites excluding steroid dienone is 2. The fourth-order valence-electron chi connectivity index (χ4n) is 1.89. The first kappa shape index (κ1) is 17.8. The SMILES string of the molecule is CCOC(=O)CC(=O)/C=C\CCc1cc(OC)cc(OC)c1. The lowest BCUT2D eigenvalue weighted by molar-refractivity contribution is -0.144. The molecule has 0 bridgehead atoms. The number of carbonyl (C=O) groups excluding carboxylic acids is 2. The van der Waals surface area contributed by atoms with Gasteiger partial charge in [0.05, 0.1) is 20.8 Å². The number of hydrogen-bond donors (Lipinski definition) is 0. The molecule has 0 heterocycles. The molecule has 0 atom stereocenters. The molecule has 0 spiro atoms. The topological polar surface area (TPSA) is 61.8 Å². The van der Waals surface area contributed by atoms with E-state index < -0.39 is 5.97 Å². The lowest BCUT2D eigenvalue weighted by Gasteiger charge is -2.07. The van der Waals surface area contributed by atoms with Gasteiger partial charge in [-0.25, -0.2) is 0 Å². The highest BCUT2D eigenvalue weighted by atomic mass is 16.5. The quantitative estimate of drug-likeness (QED) is 0.399. The summed E-state index contributed by atoms with van der Waals surface area (Å²) >= 11 is 0. The summed E-state index contributed by atoms with van der Waals surface area (Å²) < 4.78 is 15.1. The number of rotatable bonds is 9. The van der Waals surface area contributed by atoms with Crippen LogP contribution in [0.3, 0.4) is 0 Å². The van der Waals surface area contributed by atoms with E-state index in [0.29, 0.717) is 6.42 Å². The van der Waals surface area contributed by atoms with Crippen molar-refractivity contribution in [2.75, 3.05) is 20.8 Å². The maximum Gasteiger partial charge on any atom is 0.313 e. The zero-order valence-electron chi connectivity index (χ0n) is 13.3. The number of aryl methyl sites for hydroxylation is 1. The Kier molecular flexibility index (Phi) is 7.75. The van der Waals surface area contributed by atoms with Crippen molar-refractivity contribution in [2.24, 2.45) is 0 Å². The van der Waals surface area contributed by atoms with Gasteiger partial charge < -0.3 is 14.2 Å². The minimum atomic E-state index is -0.491. The fourth-order valence-corrected chi connectivity index (χ4v) is 1.89. The smallest absolute Gasteiger partial charge is 0.313 e. The summed E-state index contributed by atoms with van der Waals surface area (Å²) in [5.41, 5.74) is 1.05. The van der Waals surface area contributed by atoms with Gasteiger partial charge in [0.1, 0.15) is 17.9 Å². The standard InChI is InChI=1S/C17H22O5/c1-4-22-17(19)11-14(18)8-6-5-7-13-9-15(20-2)12-16(10-13)21-3/h6,8-10,12H,4-5,7,11H2,1-3H3/b8-6-. The molecule has 120 valence electrons. The largest absolute Gasteiger partial charge is 0.497 e. The molecule has 0 aliphatic heterocycles. The lowest BCUT2D eigenvalue weighted by Crippen LogP contribution is -2.09. The first-order chi connectivity index (χ1) is 10.6. The number of hydrogen-bond acceptors (Lipinski definition) is 5. The van der Waals surface area contributed by atoms with Crippen LogP contribution in [0, 0.1) is 0 Å². The highest BCUT2D eigenvalue weighted by Gasteiger charge is 2.06. The summed E-state index contributed by atoms with van der Waals surface area (Å²) in [7, 11) is 3.21. The molecule has 0 N–H and O–H groups in total. The number of esters is 1. The molecule has 0 aliphatic carbocycles. The molecule has 1 rings (SSSR count). The Morgan fingerprint density at radius 3 is 2.27 bits per heavy atom. The maximum atomic E-state index is 11.5. The first-order valence-electron chi connectivity index (χ1n) is 7.16. The Balaban J connectivity index is 2.48. The van der Waals surface area contributed by atoms with E-state index in [4.69, 9.17) is 14.2 Å². The zero-order chi connectivity index (χ0) is 16.4. The third-order valence-electron chi connectivity index (χ3n) is 2.94. The number of benzene rings is 1. The maximum absolute atomic E-state index is 11.5. The van der Waals surface area contributed by atoms with Crippen molar-refractivity contribution in [3.8, 4) is 11.5 Å². The van der Waals surface area contributed by atoms with Crippen molar-refractivity contribution in [1.82, 2.24) is 0 Å². The minimum absolute atomic E-state index is 0.211. The average molecular weight is 306 g/mol. The molecule has 0 saturated carbocycles. The van der Waals surface area contributed by atoms with Crippen LogP contribution in [0.5, 0.6) is 11.5 Å². The second kappa shape index (κ2) is 9.60. The summed E-state index contributed by atoms with van der Waals surface area (Å²) in [6.07, 6.45) is 4.40. The van der Waals surface area contributed by atoms with E-state index in [1.165, 1.54) is 6.08 Å². The van der Waals surface area contributed by atoms with Gasteiger partial charge in [-0.05, 0) is 43.5 Å². The fraction of sp³-hybridized carbons (Fsp3) is 0.412. The molecule has 0 fully saturated rings. The van der Waals surface area contributed by atoms with Crippen molar-refractivity contribution in [1.29, 1.82) is 0 Å². The molecule has 22 heavy (non-hydrogen) atoms. The van der Waals surface area contributed by atoms with Crippen LogP contribution in [-0.4, -0.2) is 32.6 Å². The Bertz CT molecular complexity index is 512. The Labute approximate surface area is 130 Å². The van der Waals surface area contributed by atoms with E-state index in [9.17, 15) is 9.59 Å². The Morgan fingerprint density at radius 1 is 1.09 bits per heavy atom. The van der Waals surface area contributed by atoms with E-state index in [-0.39, 0.29) is 18.8 Å². The summed E-state index contributed by atoms with van der Waals surface area (Å²) in [6.45, 7) is 1.99. The van der Waals surface area contributed by atoms with Gasteiger partial charge in [-0.3, -0.25) is 9.59 Å². The van der Waals surface area contributed by atoms with Gasteiger partial charge in [0.15, 0.2) is 5.78 Å². The highest BCUT2D eigenvalue weighted by molar-refractivity contribution is 6.01. The van der Waals surface area contributed by atoms with Gasteiger partial charge in [0.25, 0.3) is 0 Å². The van der Waals surface area contributed by atoms with E-state index in [0.717, 1.165) is 23.5 Å². The molecule has 0 aliphatic rings. The van der Waals surface area contributed by atoms with Crippen LogP contribution in [0.1, 0.15) is 25.3 Å². The van der Waals surface area contributed by atoms with Crippen molar-refractivity contribution in [3.05, 3.63) is 35.9 Å². The van der Waals surface area contributed by atoms with Gasteiger partial charge in [-0.1, -0.05) is 6.08 Å². The third kappa shape index (κ3) is 6.43. The van der Waals surface area contributed by atoms with Crippen LogP contribution in [0.25, 0.3) is 0 Å². The van der Waals surface area contributed by atoms with Crippen molar-refractivity contribution in [2.45, 2.75) is 26.2 Å². The molecule has 5 nitrogen and oxygen atoms in total. The van der Waals surface area contributed by atoms with Gasteiger partial charge in [0.2, 0.25) is 0 Å².